The summed E-state index contributed by atoms with van der Waals surface area (Å²) < 4.78 is 26.3. The average molecular weight is 293 g/mol. The van der Waals surface area contributed by atoms with Crippen LogP contribution in [0.1, 0.15) is 19.4 Å². The second-order valence-electron chi connectivity index (χ2n) is 4.78. The quantitative estimate of drug-likeness (QED) is 0.729. The van der Waals surface area contributed by atoms with Gasteiger partial charge in [0.2, 0.25) is 10.0 Å². The molecule has 0 fully saturated rings. The van der Waals surface area contributed by atoms with Gasteiger partial charge < -0.3 is 10.8 Å². The molecule has 1 aromatic rings. The van der Waals surface area contributed by atoms with E-state index in [0.29, 0.717) is 11.3 Å². The molecule has 0 unspecified atom stereocenters. The molecule has 0 radical (unpaired) electrons. The number of anilines is 1. The summed E-state index contributed by atoms with van der Waals surface area (Å²) in [6, 6.07) is 2.81. The molecular weight excluding hydrogens is 276 g/mol. The summed E-state index contributed by atoms with van der Waals surface area (Å²) in [6.45, 7) is 4.63. The van der Waals surface area contributed by atoms with Crippen LogP contribution in [0, 0.1) is 6.92 Å². The van der Waals surface area contributed by atoms with Crippen molar-refractivity contribution in [2.75, 3.05) is 12.3 Å². The molecule has 0 aliphatic heterocycles. The zero-order valence-electron chi connectivity index (χ0n) is 10.5. The van der Waals surface area contributed by atoms with Crippen molar-refractivity contribution in [1.29, 1.82) is 0 Å². The topological polar surface area (TPSA) is 92.4 Å². The highest BCUT2D eigenvalue weighted by Gasteiger charge is 2.22. The zero-order chi connectivity index (χ0) is 14.1. The average Bonchev–Trinajstić information content (AvgIpc) is 2.19. The van der Waals surface area contributed by atoms with Crippen LogP contribution in [0.25, 0.3) is 0 Å². The van der Waals surface area contributed by atoms with Gasteiger partial charge in [-0.2, -0.15) is 0 Å². The lowest BCUT2D eigenvalue weighted by Crippen LogP contribution is -2.38. The smallest absolute Gasteiger partial charge is 0.242 e. The number of sulfonamides is 1. The Hall–Kier alpha value is -0.820. The maximum Gasteiger partial charge on any atom is 0.242 e. The van der Waals surface area contributed by atoms with Crippen molar-refractivity contribution in [3.05, 3.63) is 22.7 Å². The fraction of sp³-hybridized carbons (Fsp3) is 0.455. The minimum absolute atomic E-state index is 0.0866. The Kier molecular flexibility index (Phi) is 4.27. The van der Waals surface area contributed by atoms with Gasteiger partial charge in [0.05, 0.1) is 10.6 Å². The maximum absolute atomic E-state index is 12.0. The fourth-order valence-electron chi connectivity index (χ4n) is 1.22. The Morgan fingerprint density at radius 1 is 1.44 bits per heavy atom. The van der Waals surface area contributed by atoms with Crippen LogP contribution in [0.4, 0.5) is 5.69 Å². The molecule has 102 valence electrons. The molecule has 4 N–H and O–H groups in total. The molecule has 18 heavy (non-hydrogen) atoms. The molecule has 0 aliphatic rings. The predicted octanol–water partition coefficient (Wildman–Crippen LogP) is 1.28. The molecule has 0 spiro atoms. The van der Waals surface area contributed by atoms with Crippen molar-refractivity contribution < 1.29 is 13.5 Å². The Balaban J connectivity index is 3.10. The molecular formula is C11H17ClN2O3S. The van der Waals surface area contributed by atoms with E-state index in [0.717, 1.165) is 0 Å². The summed E-state index contributed by atoms with van der Waals surface area (Å²) in [5.74, 6) is 0. The Morgan fingerprint density at radius 2 is 2.00 bits per heavy atom. The van der Waals surface area contributed by atoms with E-state index < -0.39 is 15.6 Å². The maximum atomic E-state index is 12.0. The third-order valence-electron chi connectivity index (χ3n) is 2.30. The minimum Gasteiger partial charge on any atom is -0.398 e. The van der Waals surface area contributed by atoms with Crippen LogP contribution in [0.2, 0.25) is 5.02 Å². The highest BCUT2D eigenvalue weighted by atomic mass is 35.5. The Labute approximate surface area is 112 Å². The molecule has 7 heteroatoms. The summed E-state index contributed by atoms with van der Waals surface area (Å²) in [4.78, 5) is -0.0866. The van der Waals surface area contributed by atoms with Gasteiger partial charge in [-0.1, -0.05) is 11.6 Å². The molecule has 0 atom stereocenters. The van der Waals surface area contributed by atoms with Gasteiger partial charge in [0.25, 0.3) is 0 Å². The van der Waals surface area contributed by atoms with Crippen LogP contribution in [-0.2, 0) is 10.0 Å². The number of nitrogens with two attached hydrogens (primary N) is 1. The number of rotatable bonds is 4. The van der Waals surface area contributed by atoms with E-state index in [2.05, 4.69) is 4.72 Å². The second-order valence-corrected chi connectivity index (χ2v) is 6.92. The van der Waals surface area contributed by atoms with Gasteiger partial charge in [-0.15, -0.1) is 0 Å². The summed E-state index contributed by atoms with van der Waals surface area (Å²) in [5.41, 5.74) is 5.58. The number of hydrogen-bond acceptors (Lipinski definition) is 4. The standard InChI is InChI=1S/C11H17ClN2O3S/c1-7-4-8(12)10(5-9(7)13)18(16,17)14-6-11(2,3)15/h4-5,14-15H,6,13H2,1-3H3. The molecule has 0 bridgehead atoms. The van der Waals surface area contributed by atoms with E-state index in [4.69, 9.17) is 17.3 Å². The van der Waals surface area contributed by atoms with Crippen molar-refractivity contribution in [2.45, 2.75) is 31.3 Å². The van der Waals surface area contributed by atoms with Crippen LogP contribution >= 0.6 is 11.6 Å². The molecule has 1 aromatic carbocycles. The number of hydrogen-bond donors (Lipinski definition) is 3. The highest BCUT2D eigenvalue weighted by Crippen LogP contribution is 2.26. The van der Waals surface area contributed by atoms with E-state index in [1.54, 1.807) is 6.92 Å². The van der Waals surface area contributed by atoms with Crippen LogP contribution in [0.15, 0.2) is 17.0 Å². The molecule has 5 nitrogen and oxygen atoms in total. The zero-order valence-corrected chi connectivity index (χ0v) is 12.1. The number of aryl methyl sites for hydroxylation is 1. The molecule has 0 aromatic heterocycles. The molecule has 1 rings (SSSR count). The van der Waals surface area contributed by atoms with Crippen LogP contribution < -0.4 is 10.5 Å². The van der Waals surface area contributed by atoms with E-state index in [1.165, 1.54) is 26.0 Å². The SMILES string of the molecule is Cc1cc(Cl)c(S(=O)(=O)NCC(C)(C)O)cc1N. The fourth-order valence-corrected chi connectivity index (χ4v) is 3.04. The Morgan fingerprint density at radius 3 is 2.50 bits per heavy atom. The van der Waals surface area contributed by atoms with E-state index in [-0.39, 0.29) is 16.5 Å². The molecule has 0 heterocycles. The van der Waals surface area contributed by atoms with Gasteiger partial charge in [-0.05, 0) is 38.5 Å². The predicted molar refractivity (Wildman–Crippen MR) is 72.1 cm³/mol. The second kappa shape index (κ2) is 5.05. The van der Waals surface area contributed by atoms with Gasteiger partial charge in [0.15, 0.2) is 0 Å². The minimum atomic E-state index is -3.79. The van der Waals surface area contributed by atoms with Crippen LogP contribution in [-0.4, -0.2) is 25.7 Å². The first-order valence-electron chi connectivity index (χ1n) is 5.30. The lowest BCUT2D eigenvalue weighted by atomic mass is 10.1. The van der Waals surface area contributed by atoms with Crippen molar-refractivity contribution in [3.63, 3.8) is 0 Å². The largest absolute Gasteiger partial charge is 0.398 e. The van der Waals surface area contributed by atoms with E-state index in [9.17, 15) is 13.5 Å². The third kappa shape index (κ3) is 3.84. The van der Waals surface area contributed by atoms with E-state index >= 15 is 0 Å². The van der Waals surface area contributed by atoms with Crippen molar-refractivity contribution in [2.24, 2.45) is 0 Å². The summed E-state index contributed by atoms with van der Waals surface area (Å²) >= 11 is 5.90. The normalized spacial score (nSPS) is 12.7. The monoisotopic (exact) mass is 292 g/mol. The molecule has 0 saturated heterocycles. The lowest BCUT2D eigenvalue weighted by Gasteiger charge is -2.18. The van der Waals surface area contributed by atoms with Gasteiger partial charge >= 0.3 is 0 Å². The lowest BCUT2D eigenvalue weighted by molar-refractivity contribution is 0.0857. The number of nitrogens with one attached hydrogen (secondary N) is 1. The van der Waals surface area contributed by atoms with Crippen molar-refractivity contribution in [1.82, 2.24) is 4.72 Å². The first-order valence-corrected chi connectivity index (χ1v) is 7.17. The molecule has 0 saturated carbocycles. The molecule has 0 aliphatic carbocycles. The highest BCUT2D eigenvalue weighted by molar-refractivity contribution is 7.89. The number of nitrogen functional groups attached to an aromatic ring is 1. The van der Waals surface area contributed by atoms with Crippen molar-refractivity contribution >= 4 is 27.3 Å². The van der Waals surface area contributed by atoms with E-state index in [1.807, 2.05) is 0 Å². The van der Waals surface area contributed by atoms with Crippen LogP contribution in [0.3, 0.4) is 0 Å². The van der Waals surface area contributed by atoms with Gasteiger partial charge in [-0.3, -0.25) is 0 Å². The Bertz CT molecular complexity index is 550. The first kappa shape index (κ1) is 15.2. The number of halogens is 1. The number of aliphatic hydroxyl groups is 1. The first-order chi connectivity index (χ1) is 8.03. The van der Waals surface area contributed by atoms with Gasteiger partial charge in [-0.25, -0.2) is 13.1 Å². The van der Waals surface area contributed by atoms with Crippen molar-refractivity contribution in [3.8, 4) is 0 Å². The summed E-state index contributed by atoms with van der Waals surface area (Å²) in [7, 11) is -3.79. The van der Waals surface area contributed by atoms with Gasteiger partial charge in [0, 0.05) is 12.2 Å². The third-order valence-corrected chi connectivity index (χ3v) is 4.17. The molecule has 0 amide bonds. The summed E-state index contributed by atoms with van der Waals surface area (Å²) in [6.07, 6.45) is 0. The van der Waals surface area contributed by atoms with Gasteiger partial charge in [0.1, 0.15) is 4.90 Å². The van der Waals surface area contributed by atoms with Crippen LogP contribution in [0.5, 0.6) is 0 Å². The number of benzene rings is 1. The summed E-state index contributed by atoms with van der Waals surface area (Å²) in [5, 5.41) is 9.61.